The van der Waals surface area contributed by atoms with Gasteiger partial charge in [-0.05, 0) is 55.7 Å². The molecule has 1 saturated carbocycles. The van der Waals surface area contributed by atoms with Gasteiger partial charge in [0, 0.05) is 15.8 Å². The van der Waals surface area contributed by atoms with Crippen molar-refractivity contribution in [1.29, 1.82) is 0 Å². The van der Waals surface area contributed by atoms with Gasteiger partial charge in [0.05, 0.1) is 17.2 Å². The van der Waals surface area contributed by atoms with Gasteiger partial charge in [0.15, 0.2) is 0 Å². The Bertz CT molecular complexity index is 1050. The molecule has 1 heterocycles. The van der Waals surface area contributed by atoms with Gasteiger partial charge in [-0.2, -0.15) is 0 Å². The molecule has 1 N–H and O–H groups in total. The van der Waals surface area contributed by atoms with E-state index >= 15 is 0 Å². The maximum atomic E-state index is 12.6. The molecular weight excluding hydrogens is 370 g/mol. The maximum Gasteiger partial charge on any atom is 0.261 e. The lowest BCUT2D eigenvalue weighted by atomic mass is 10.1. The zero-order valence-corrected chi connectivity index (χ0v) is 16.7. The van der Waals surface area contributed by atoms with E-state index in [2.05, 4.69) is 10.3 Å². The van der Waals surface area contributed by atoms with Crippen molar-refractivity contribution in [2.24, 2.45) is 0 Å². The molecule has 0 saturated heterocycles. The van der Waals surface area contributed by atoms with Gasteiger partial charge in [0.25, 0.3) is 5.56 Å². The van der Waals surface area contributed by atoms with Crippen LogP contribution in [0.4, 0.5) is 5.69 Å². The summed E-state index contributed by atoms with van der Waals surface area (Å²) in [5.74, 6) is -0.243. The maximum absolute atomic E-state index is 12.6. The number of carbonyl (C=O) groups excluding carboxylic acids is 1. The van der Waals surface area contributed by atoms with E-state index in [4.69, 9.17) is 0 Å². The van der Waals surface area contributed by atoms with Crippen LogP contribution >= 0.6 is 11.8 Å². The largest absolute Gasteiger partial charge is 0.325 e. The minimum Gasteiger partial charge on any atom is -0.325 e. The quantitative estimate of drug-likeness (QED) is 0.699. The van der Waals surface area contributed by atoms with Gasteiger partial charge < -0.3 is 5.32 Å². The molecule has 28 heavy (non-hydrogen) atoms. The van der Waals surface area contributed by atoms with Gasteiger partial charge in [0.2, 0.25) is 5.91 Å². The first kappa shape index (κ1) is 18.7. The SMILES string of the molecule is Cc1cccc2c(=O)n(CC(=O)Nc3ccc(SC4CCCC4)cc3)cnc12. The number of nitrogens with zero attached hydrogens (tertiary/aromatic N) is 2. The minimum absolute atomic E-state index is 0.0612. The molecule has 0 unspecified atom stereocenters. The predicted molar refractivity (Wildman–Crippen MR) is 114 cm³/mol. The fourth-order valence-corrected chi connectivity index (χ4v) is 4.87. The molecule has 0 spiro atoms. The monoisotopic (exact) mass is 393 g/mol. The average Bonchev–Trinajstić information content (AvgIpc) is 3.19. The zero-order valence-electron chi connectivity index (χ0n) is 15.9. The predicted octanol–water partition coefficient (Wildman–Crippen LogP) is 4.38. The smallest absolute Gasteiger partial charge is 0.261 e. The Balaban J connectivity index is 1.42. The summed E-state index contributed by atoms with van der Waals surface area (Å²) in [5, 5.41) is 4.11. The Morgan fingerprint density at radius 3 is 2.68 bits per heavy atom. The normalized spacial score (nSPS) is 14.5. The molecule has 5 nitrogen and oxygen atoms in total. The van der Waals surface area contributed by atoms with Crippen LogP contribution in [0, 0.1) is 6.92 Å². The first-order valence-electron chi connectivity index (χ1n) is 9.61. The zero-order chi connectivity index (χ0) is 19.5. The van der Waals surface area contributed by atoms with Crippen LogP contribution < -0.4 is 10.9 Å². The van der Waals surface area contributed by atoms with E-state index in [0.717, 1.165) is 16.5 Å². The molecule has 144 valence electrons. The standard InChI is InChI=1S/C22H23N3O2S/c1-15-5-4-8-19-21(15)23-14-25(22(19)27)13-20(26)24-16-9-11-18(12-10-16)28-17-6-2-3-7-17/h4-5,8-12,14,17H,2-3,6-7,13H2,1H3,(H,24,26). The highest BCUT2D eigenvalue weighted by Gasteiger charge is 2.16. The molecular formula is C22H23N3O2S. The number of hydrogen-bond acceptors (Lipinski definition) is 4. The third kappa shape index (κ3) is 4.12. The van der Waals surface area contributed by atoms with E-state index in [1.54, 1.807) is 6.07 Å². The third-order valence-electron chi connectivity index (χ3n) is 5.11. The molecule has 0 radical (unpaired) electrons. The van der Waals surface area contributed by atoms with Crippen molar-refractivity contribution in [2.45, 2.75) is 49.3 Å². The number of fused-ring (bicyclic) bond motifs is 1. The second kappa shape index (κ2) is 8.19. The van der Waals surface area contributed by atoms with E-state index in [-0.39, 0.29) is 18.0 Å². The Labute approximate surface area is 168 Å². The number of rotatable bonds is 5. The number of aromatic nitrogens is 2. The molecule has 0 bridgehead atoms. The number of carbonyl (C=O) groups is 1. The van der Waals surface area contributed by atoms with Crippen molar-refractivity contribution in [3.8, 4) is 0 Å². The lowest BCUT2D eigenvalue weighted by molar-refractivity contribution is -0.116. The van der Waals surface area contributed by atoms with E-state index < -0.39 is 0 Å². The van der Waals surface area contributed by atoms with Crippen LogP contribution in [0.2, 0.25) is 0 Å². The highest BCUT2D eigenvalue weighted by Crippen LogP contribution is 2.34. The molecule has 0 aliphatic heterocycles. The van der Waals surface area contributed by atoms with E-state index in [1.807, 2.05) is 55.1 Å². The van der Waals surface area contributed by atoms with E-state index in [9.17, 15) is 9.59 Å². The number of nitrogens with one attached hydrogen (secondary N) is 1. The van der Waals surface area contributed by atoms with Crippen LogP contribution in [0.25, 0.3) is 10.9 Å². The van der Waals surface area contributed by atoms with Crippen LogP contribution in [0.3, 0.4) is 0 Å². The Hall–Kier alpha value is -2.60. The lowest BCUT2D eigenvalue weighted by Gasteiger charge is -2.11. The van der Waals surface area contributed by atoms with E-state index in [1.165, 1.54) is 41.5 Å². The molecule has 4 rings (SSSR count). The van der Waals surface area contributed by atoms with Crippen molar-refractivity contribution < 1.29 is 4.79 Å². The van der Waals surface area contributed by atoms with Gasteiger partial charge >= 0.3 is 0 Å². The topological polar surface area (TPSA) is 64.0 Å². The summed E-state index contributed by atoms with van der Waals surface area (Å²) in [4.78, 5) is 30.6. The number of amides is 1. The summed E-state index contributed by atoms with van der Waals surface area (Å²) >= 11 is 1.92. The van der Waals surface area contributed by atoms with Crippen molar-refractivity contribution in [3.05, 3.63) is 64.7 Å². The van der Waals surface area contributed by atoms with Crippen LogP contribution in [0.15, 0.2) is 58.5 Å². The van der Waals surface area contributed by atoms with Crippen LogP contribution in [-0.2, 0) is 11.3 Å². The summed E-state index contributed by atoms with van der Waals surface area (Å²) in [7, 11) is 0. The van der Waals surface area contributed by atoms with E-state index in [0.29, 0.717) is 10.9 Å². The van der Waals surface area contributed by atoms with Crippen LogP contribution in [-0.4, -0.2) is 20.7 Å². The average molecular weight is 394 g/mol. The van der Waals surface area contributed by atoms with Gasteiger partial charge in [-0.15, -0.1) is 11.8 Å². The summed E-state index contributed by atoms with van der Waals surface area (Å²) in [5.41, 5.74) is 2.16. The Morgan fingerprint density at radius 2 is 1.93 bits per heavy atom. The molecule has 0 atom stereocenters. The summed E-state index contributed by atoms with van der Waals surface area (Å²) in [6, 6.07) is 13.4. The third-order valence-corrected chi connectivity index (χ3v) is 6.46. The first-order chi connectivity index (χ1) is 13.6. The molecule has 1 aliphatic rings. The Morgan fingerprint density at radius 1 is 1.18 bits per heavy atom. The molecule has 6 heteroatoms. The van der Waals surface area contributed by atoms with Gasteiger partial charge in [-0.25, -0.2) is 4.98 Å². The number of aryl methyl sites for hydroxylation is 1. The molecule has 3 aromatic rings. The molecule has 1 amide bonds. The van der Waals surface area contributed by atoms with Gasteiger partial charge in [0.1, 0.15) is 6.54 Å². The van der Waals surface area contributed by atoms with Crippen molar-refractivity contribution in [1.82, 2.24) is 9.55 Å². The number of anilines is 1. The number of thioether (sulfide) groups is 1. The van der Waals surface area contributed by atoms with Gasteiger partial charge in [-0.1, -0.05) is 25.0 Å². The van der Waals surface area contributed by atoms with Crippen molar-refractivity contribution >= 4 is 34.3 Å². The highest BCUT2D eigenvalue weighted by molar-refractivity contribution is 8.00. The summed E-state index contributed by atoms with van der Waals surface area (Å²) < 4.78 is 1.35. The summed E-state index contributed by atoms with van der Waals surface area (Å²) in [6.07, 6.45) is 6.68. The van der Waals surface area contributed by atoms with Crippen LogP contribution in [0.5, 0.6) is 0 Å². The van der Waals surface area contributed by atoms with Gasteiger partial charge in [-0.3, -0.25) is 14.2 Å². The molecule has 2 aromatic carbocycles. The second-order valence-corrected chi connectivity index (χ2v) is 8.62. The second-order valence-electron chi connectivity index (χ2n) is 7.25. The van der Waals surface area contributed by atoms with Crippen LogP contribution in [0.1, 0.15) is 31.2 Å². The van der Waals surface area contributed by atoms with Crippen molar-refractivity contribution in [3.63, 3.8) is 0 Å². The number of para-hydroxylation sites is 1. The number of hydrogen-bond donors (Lipinski definition) is 1. The molecule has 1 aromatic heterocycles. The molecule has 1 fully saturated rings. The first-order valence-corrected chi connectivity index (χ1v) is 10.5. The molecule has 1 aliphatic carbocycles. The fourth-order valence-electron chi connectivity index (χ4n) is 3.62. The summed E-state index contributed by atoms with van der Waals surface area (Å²) in [6.45, 7) is 1.86. The fraction of sp³-hybridized carbons (Fsp3) is 0.318. The van der Waals surface area contributed by atoms with Crippen molar-refractivity contribution in [2.75, 3.05) is 5.32 Å². The minimum atomic E-state index is -0.243. The highest BCUT2D eigenvalue weighted by atomic mass is 32.2. The Kier molecular flexibility index (Phi) is 5.48. The number of benzene rings is 2. The lowest BCUT2D eigenvalue weighted by Crippen LogP contribution is -2.28.